The molecule has 4 heteroatoms. The summed E-state index contributed by atoms with van der Waals surface area (Å²) in [4.78, 5) is 4.15. The van der Waals surface area contributed by atoms with Gasteiger partial charge in [0.15, 0.2) is 5.96 Å². The number of rotatable bonds is 6. The molecule has 0 spiro atoms. The highest BCUT2D eigenvalue weighted by Gasteiger charge is 1.90. The van der Waals surface area contributed by atoms with Crippen LogP contribution in [0.15, 0.2) is 16.6 Å². The maximum Gasteiger partial charge on any atom is 0.188 e. The van der Waals surface area contributed by atoms with Crippen molar-refractivity contribution in [1.29, 1.82) is 0 Å². The number of hydrogen-bond acceptors (Lipinski definition) is 1. The van der Waals surface area contributed by atoms with Gasteiger partial charge in [-0.25, -0.2) is 4.99 Å². The van der Waals surface area contributed by atoms with Crippen LogP contribution < -0.4 is 16.8 Å². The first-order valence-electron chi connectivity index (χ1n) is 5.13. The summed E-state index contributed by atoms with van der Waals surface area (Å²) in [6.45, 7) is 6.63. The summed E-state index contributed by atoms with van der Waals surface area (Å²) >= 11 is 0. The molecule has 6 N–H and O–H groups in total. The van der Waals surface area contributed by atoms with Gasteiger partial charge < -0.3 is 16.8 Å². The minimum atomic E-state index is 0.534. The van der Waals surface area contributed by atoms with E-state index in [2.05, 4.69) is 16.0 Å². The van der Waals surface area contributed by atoms with E-state index in [4.69, 9.17) is 5.73 Å². The van der Waals surface area contributed by atoms with Crippen molar-refractivity contribution in [2.45, 2.75) is 26.7 Å². The molecule has 0 amide bonds. The van der Waals surface area contributed by atoms with Gasteiger partial charge >= 0.3 is 0 Å². The topological polar surface area (TPSA) is 78.0 Å². The Bertz CT molecular complexity index is 192. The number of nitrogens with zero attached hydrogens (tertiary/aromatic N) is 1. The lowest BCUT2D eigenvalue weighted by Crippen LogP contribution is -2.50. The highest BCUT2D eigenvalue weighted by Crippen LogP contribution is 1.87. The van der Waals surface area contributed by atoms with E-state index < -0.39 is 0 Å². The third-order valence-corrected chi connectivity index (χ3v) is 1.74. The minimum absolute atomic E-state index is 0.534. The maximum absolute atomic E-state index is 5.64. The van der Waals surface area contributed by atoms with Crippen molar-refractivity contribution in [3.63, 3.8) is 0 Å². The van der Waals surface area contributed by atoms with Crippen LogP contribution >= 0.6 is 0 Å². The molecule has 0 aromatic rings. The fraction of sp³-hybridized carbons (Fsp3) is 0.700. The Labute approximate surface area is 86.5 Å². The molecule has 0 saturated heterocycles. The molecule has 0 aromatic carbocycles. The fourth-order valence-electron chi connectivity index (χ4n) is 0.901. The van der Waals surface area contributed by atoms with Crippen LogP contribution in [-0.4, -0.2) is 25.6 Å². The molecule has 0 aliphatic carbocycles. The molecule has 0 saturated carbocycles. The van der Waals surface area contributed by atoms with Gasteiger partial charge in [-0.15, -0.1) is 0 Å². The third kappa shape index (κ3) is 9.06. The molecule has 0 atom stereocenters. The van der Waals surface area contributed by atoms with Gasteiger partial charge in [-0.1, -0.05) is 11.6 Å². The standard InChI is InChI=1S/C10H22N4/c1-9(2)5-8-14-10(12)13-7-4-3-6-11/h5H,3-4,6-8,11H2,1-2H3,(H3,12,13,14)/p+1. The van der Waals surface area contributed by atoms with E-state index in [0.717, 1.165) is 25.9 Å². The van der Waals surface area contributed by atoms with Crippen molar-refractivity contribution in [3.8, 4) is 0 Å². The van der Waals surface area contributed by atoms with Crippen LogP contribution in [0.5, 0.6) is 0 Å². The molecule has 0 aliphatic rings. The number of guanidine groups is 1. The SMILES string of the molecule is CC(C)=CCN=C(N)NCCCC[NH3+]. The molecule has 0 radical (unpaired) electrons. The van der Waals surface area contributed by atoms with E-state index in [1.54, 1.807) is 0 Å². The highest BCUT2D eigenvalue weighted by molar-refractivity contribution is 5.77. The third-order valence-electron chi connectivity index (χ3n) is 1.74. The van der Waals surface area contributed by atoms with Crippen LogP contribution in [0.1, 0.15) is 26.7 Å². The number of quaternary nitrogens is 1. The Hall–Kier alpha value is -1.03. The summed E-state index contributed by atoms with van der Waals surface area (Å²) in [5, 5.41) is 3.06. The monoisotopic (exact) mass is 199 g/mol. The highest BCUT2D eigenvalue weighted by atomic mass is 15.1. The van der Waals surface area contributed by atoms with Crippen LogP contribution in [0.2, 0.25) is 0 Å². The number of allylic oxidation sites excluding steroid dienone is 1. The molecule has 4 nitrogen and oxygen atoms in total. The number of nitrogens with two attached hydrogens (primary N) is 1. The lowest BCUT2D eigenvalue weighted by atomic mass is 10.3. The zero-order valence-electron chi connectivity index (χ0n) is 9.34. The van der Waals surface area contributed by atoms with Gasteiger partial charge in [-0.3, -0.25) is 0 Å². The average molecular weight is 199 g/mol. The summed E-state index contributed by atoms with van der Waals surface area (Å²) in [6, 6.07) is 0. The zero-order valence-corrected chi connectivity index (χ0v) is 9.34. The second-order valence-corrected chi connectivity index (χ2v) is 3.49. The molecule has 0 heterocycles. The van der Waals surface area contributed by atoms with E-state index >= 15 is 0 Å². The van der Waals surface area contributed by atoms with Crippen LogP contribution in [0.3, 0.4) is 0 Å². The average Bonchev–Trinajstić information content (AvgIpc) is 2.12. The van der Waals surface area contributed by atoms with Gasteiger partial charge in [0, 0.05) is 6.54 Å². The summed E-state index contributed by atoms with van der Waals surface area (Å²) in [5.41, 5.74) is 10.7. The van der Waals surface area contributed by atoms with Crippen molar-refractivity contribution >= 4 is 5.96 Å². The first kappa shape index (κ1) is 13.0. The first-order chi connectivity index (χ1) is 6.66. The molecule has 0 aliphatic heterocycles. The number of aliphatic imine (C=N–C) groups is 1. The van der Waals surface area contributed by atoms with Gasteiger partial charge in [-0.05, 0) is 26.7 Å². The second-order valence-electron chi connectivity index (χ2n) is 3.49. The van der Waals surface area contributed by atoms with Gasteiger partial charge in [0.25, 0.3) is 0 Å². The van der Waals surface area contributed by atoms with Gasteiger partial charge in [-0.2, -0.15) is 0 Å². The van der Waals surface area contributed by atoms with Crippen molar-refractivity contribution in [3.05, 3.63) is 11.6 Å². The van der Waals surface area contributed by atoms with Crippen molar-refractivity contribution < 1.29 is 5.73 Å². The van der Waals surface area contributed by atoms with Gasteiger partial charge in [0.05, 0.1) is 13.1 Å². The second kappa shape index (κ2) is 8.56. The smallest absolute Gasteiger partial charge is 0.188 e. The van der Waals surface area contributed by atoms with Crippen molar-refractivity contribution in [1.82, 2.24) is 5.32 Å². The quantitative estimate of drug-likeness (QED) is 0.241. The molecule has 0 bridgehead atoms. The van der Waals surface area contributed by atoms with Crippen LogP contribution in [0, 0.1) is 0 Å². The predicted octanol–water partition coefficient (Wildman–Crippen LogP) is -0.121. The van der Waals surface area contributed by atoms with Crippen LogP contribution in [-0.2, 0) is 0 Å². The summed E-state index contributed by atoms with van der Waals surface area (Å²) in [5.74, 6) is 0.534. The molecule has 14 heavy (non-hydrogen) atoms. The van der Waals surface area contributed by atoms with E-state index in [-0.39, 0.29) is 0 Å². The lowest BCUT2D eigenvalue weighted by molar-refractivity contribution is -0.368. The van der Waals surface area contributed by atoms with Crippen molar-refractivity contribution in [2.24, 2.45) is 10.7 Å². The number of hydrogen-bond donors (Lipinski definition) is 3. The summed E-state index contributed by atoms with van der Waals surface area (Å²) in [6.07, 6.45) is 4.28. The van der Waals surface area contributed by atoms with E-state index in [1.807, 2.05) is 19.9 Å². The molecule has 0 unspecified atom stereocenters. The molecule has 0 fully saturated rings. The molecule has 0 aromatic heterocycles. The molecular weight excluding hydrogens is 176 g/mol. The Morgan fingerprint density at radius 2 is 2.14 bits per heavy atom. The maximum atomic E-state index is 5.64. The van der Waals surface area contributed by atoms with Crippen LogP contribution in [0.4, 0.5) is 0 Å². The minimum Gasteiger partial charge on any atom is -0.370 e. The Morgan fingerprint density at radius 3 is 2.71 bits per heavy atom. The van der Waals surface area contributed by atoms with Gasteiger partial charge in [0.2, 0.25) is 0 Å². The normalized spacial score (nSPS) is 11.2. The largest absolute Gasteiger partial charge is 0.370 e. The number of unbranched alkanes of at least 4 members (excludes halogenated alkanes) is 1. The first-order valence-corrected chi connectivity index (χ1v) is 5.13. The molecule has 82 valence electrons. The number of nitrogens with one attached hydrogen (secondary N) is 1. The Balaban J connectivity index is 3.52. The van der Waals surface area contributed by atoms with Gasteiger partial charge in [0.1, 0.15) is 0 Å². The Kier molecular flexibility index (Phi) is 7.93. The van der Waals surface area contributed by atoms with E-state index in [0.29, 0.717) is 12.5 Å². The van der Waals surface area contributed by atoms with Crippen molar-refractivity contribution in [2.75, 3.05) is 19.6 Å². The van der Waals surface area contributed by atoms with E-state index in [9.17, 15) is 0 Å². The molecule has 0 rings (SSSR count). The predicted molar refractivity (Wildman–Crippen MR) is 60.9 cm³/mol. The summed E-state index contributed by atoms with van der Waals surface area (Å²) in [7, 11) is 0. The Morgan fingerprint density at radius 1 is 1.43 bits per heavy atom. The lowest BCUT2D eigenvalue weighted by Gasteiger charge is -2.03. The van der Waals surface area contributed by atoms with E-state index in [1.165, 1.54) is 5.57 Å². The molecular formula is C10H23N4+. The zero-order chi connectivity index (χ0) is 10.8. The fourth-order valence-corrected chi connectivity index (χ4v) is 0.901. The van der Waals surface area contributed by atoms with Crippen LogP contribution in [0.25, 0.3) is 0 Å². The summed E-state index contributed by atoms with van der Waals surface area (Å²) < 4.78 is 0.